The lowest BCUT2D eigenvalue weighted by Gasteiger charge is -2.13. The van der Waals surface area contributed by atoms with Crippen LogP contribution in [0.5, 0.6) is 0 Å². The Bertz CT molecular complexity index is 643. The quantitative estimate of drug-likeness (QED) is 0.835. The fourth-order valence-electron chi connectivity index (χ4n) is 1.70. The highest BCUT2D eigenvalue weighted by Gasteiger charge is 2.10. The molecule has 0 radical (unpaired) electrons. The molecule has 0 heterocycles. The molecule has 98 valence electrons. The van der Waals surface area contributed by atoms with Crippen LogP contribution >= 0.6 is 23.8 Å². The zero-order valence-electron chi connectivity index (χ0n) is 10.2. The van der Waals surface area contributed by atoms with E-state index in [2.05, 4.69) is 5.32 Å². The normalized spacial score (nSPS) is 10.3. The number of anilines is 2. The molecule has 2 aromatic carbocycles. The minimum atomic E-state index is -0.274. The van der Waals surface area contributed by atoms with Gasteiger partial charge in [0, 0.05) is 5.69 Å². The standard InChI is InChI=1S/C14H12ClFN2S/c1-8-5-6-9(7-11(8)16)18-12-4-2-3-10(15)13(12)14(17)19/h2-7,18H,1H3,(H2,17,19). The van der Waals surface area contributed by atoms with Gasteiger partial charge >= 0.3 is 0 Å². The summed E-state index contributed by atoms with van der Waals surface area (Å²) in [6.07, 6.45) is 0. The fourth-order valence-corrected chi connectivity index (χ4v) is 2.26. The van der Waals surface area contributed by atoms with Crippen molar-refractivity contribution in [3.63, 3.8) is 0 Å². The van der Waals surface area contributed by atoms with Gasteiger partial charge in [-0.2, -0.15) is 0 Å². The van der Waals surface area contributed by atoms with Crippen molar-refractivity contribution in [1.82, 2.24) is 0 Å². The Morgan fingerprint density at radius 3 is 2.68 bits per heavy atom. The Morgan fingerprint density at radius 1 is 1.32 bits per heavy atom. The number of hydrogen-bond donors (Lipinski definition) is 2. The molecular formula is C14H12ClFN2S. The molecule has 0 unspecified atom stereocenters. The molecule has 0 aliphatic rings. The molecule has 3 N–H and O–H groups in total. The van der Waals surface area contributed by atoms with Crippen LogP contribution in [0, 0.1) is 12.7 Å². The Morgan fingerprint density at radius 2 is 2.05 bits per heavy atom. The van der Waals surface area contributed by atoms with Gasteiger partial charge in [-0.3, -0.25) is 0 Å². The second kappa shape index (κ2) is 5.55. The van der Waals surface area contributed by atoms with Crippen LogP contribution in [0.4, 0.5) is 15.8 Å². The molecule has 2 nitrogen and oxygen atoms in total. The highest BCUT2D eigenvalue weighted by Crippen LogP contribution is 2.27. The highest BCUT2D eigenvalue weighted by molar-refractivity contribution is 7.80. The predicted octanol–water partition coefficient (Wildman–Crippen LogP) is 4.17. The SMILES string of the molecule is Cc1ccc(Nc2cccc(Cl)c2C(N)=S)cc1F. The van der Waals surface area contributed by atoms with Crippen molar-refractivity contribution in [1.29, 1.82) is 0 Å². The molecule has 0 aliphatic carbocycles. The summed E-state index contributed by atoms with van der Waals surface area (Å²) < 4.78 is 13.5. The van der Waals surface area contributed by atoms with E-state index >= 15 is 0 Å². The minimum Gasteiger partial charge on any atom is -0.389 e. The molecule has 5 heteroatoms. The lowest BCUT2D eigenvalue weighted by molar-refractivity contribution is 0.619. The molecule has 0 amide bonds. The maximum Gasteiger partial charge on any atom is 0.128 e. The lowest BCUT2D eigenvalue weighted by Crippen LogP contribution is -2.12. The predicted molar refractivity (Wildman–Crippen MR) is 81.8 cm³/mol. The summed E-state index contributed by atoms with van der Waals surface area (Å²) in [7, 11) is 0. The minimum absolute atomic E-state index is 0.195. The van der Waals surface area contributed by atoms with Gasteiger partial charge < -0.3 is 11.1 Å². The van der Waals surface area contributed by atoms with Crippen LogP contribution in [-0.2, 0) is 0 Å². The smallest absolute Gasteiger partial charge is 0.128 e. The first-order chi connectivity index (χ1) is 8.99. The first kappa shape index (κ1) is 13.8. The van der Waals surface area contributed by atoms with Crippen LogP contribution in [0.3, 0.4) is 0 Å². The van der Waals surface area contributed by atoms with Gasteiger partial charge in [0.1, 0.15) is 10.8 Å². The summed E-state index contributed by atoms with van der Waals surface area (Å²) in [6, 6.07) is 10.2. The molecule has 2 aromatic rings. The number of hydrogen-bond acceptors (Lipinski definition) is 2. The lowest BCUT2D eigenvalue weighted by atomic mass is 10.1. The molecule has 0 aliphatic heterocycles. The maximum atomic E-state index is 13.5. The summed E-state index contributed by atoms with van der Waals surface area (Å²) in [6.45, 7) is 1.71. The van der Waals surface area contributed by atoms with E-state index in [1.165, 1.54) is 6.07 Å². The number of rotatable bonds is 3. The van der Waals surface area contributed by atoms with Gasteiger partial charge in [0.05, 0.1) is 16.3 Å². The summed E-state index contributed by atoms with van der Waals surface area (Å²) >= 11 is 11.0. The van der Waals surface area contributed by atoms with Crippen molar-refractivity contribution in [3.8, 4) is 0 Å². The number of nitrogens with two attached hydrogens (primary N) is 1. The first-order valence-corrected chi connectivity index (χ1v) is 6.39. The molecule has 2 rings (SSSR count). The number of benzene rings is 2. The zero-order valence-corrected chi connectivity index (χ0v) is 11.8. The molecule has 0 saturated heterocycles. The largest absolute Gasteiger partial charge is 0.389 e. The van der Waals surface area contributed by atoms with Gasteiger partial charge in [0.2, 0.25) is 0 Å². The van der Waals surface area contributed by atoms with Crippen LogP contribution in [0.15, 0.2) is 36.4 Å². The van der Waals surface area contributed by atoms with E-state index in [4.69, 9.17) is 29.6 Å². The Balaban J connectivity index is 2.40. The first-order valence-electron chi connectivity index (χ1n) is 5.60. The van der Waals surface area contributed by atoms with Gasteiger partial charge in [0.25, 0.3) is 0 Å². The third kappa shape index (κ3) is 3.03. The Hall–Kier alpha value is -1.65. The van der Waals surface area contributed by atoms with Crippen molar-refractivity contribution in [3.05, 3.63) is 58.4 Å². The van der Waals surface area contributed by atoms with Gasteiger partial charge in [-0.25, -0.2) is 4.39 Å². The summed E-state index contributed by atoms with van der Waals surface area (Å²) in [4.78, 5) is 0.195. The van der Waals surface area contributed by atoms with Crippen LogP contribution in [0.1, 0.15) is 11.1 Å². The van der Waals surface area contributed by atoms with Crippen molar-refractivity contribution >= 4 is 40.2 Å². The van der Waals surface area contributed by atoms with E-state index in [0.717, 1.165) is 0 Å². The summed E-state index contributed by atoms with van der Waals surface area (Å²) in [5, 5.41) is 3.53. The molecule has 0 spiro atoms. The number of thiocarbonyl (C=S) groups is 1. The third-order valence-corrected chi connectivity index (χ3v) is 3.23. The fraction of sp³-hybridized carbons (Fsp3) is 0.0714. The zero-order chi connectivity index (χ0) is 14.0. The van der Waals surface area contributed by atoms with Gasteiger partial charge in [0.15, 0.2) is 0 Å². The van der Waals surface area contributed by atoms with E-state index in [1.807, 2.05) is 0 Å². The average Bonchev–Trinajstić information content (AvgIpc) is 2.33. The van der Waals surface area contributed by atoms with E-state index in [-0.39, 0.29) is 10.8 Å². The van der Waals surface area contributed by atoms with Crippen molar-refractivity contribution in [2.24, 2.45) is 5.73 Å². The average molecular weight is 295 g/mol. The molecule has 19 heavy (non-hydrogen) atoms. The molecule has 0 atom stereocenters. The van der Waals surface area contributed by atoms with Crippen molar-refractivity contribution < 1.29 is 4.39 Å². The van der Waals surface area contributed by atoms with E-state index in [0.29, 0.717) is 27.5 Å². The molecule has 0 aromatic heterocycles. The number of halogens is 2. The van der Waals surface area contributed by atoms with Gasteiger partial charge in [-0.1, -0.05) is 36.0 Å². The number of nitrogens with one attached hydrogen (secondary N) is 1. The Labute approximate surface area is 121 Å². The molecule has 0 bridgehead atoms. The van der Waals surface area contributed by atoms with Crippen molar-refractivity contribution in [2.45, 2.75) is 6.92 Å². The number of aryl methyl sites for hydroxylation is 1. The van der Waals surface area contributed by atoms with Crippen LogP contribution in [0.25, 0.3) is 0 Å². The van der Waals surface area contributed by atoms with Crippen LogP contribution < -0.4 is 11.1 Å². The monoisotopic (exact) mass is 294 g/mol. The third-order valence-electron chi connectivity index (χ3n) is 2.71. The van der Waals surface area contributed by atoms with E-state index in [1.54, 1.807) is 37.3 Å². The van der Waals surface area contributed by atoms with E-state index in [9.17, 15) is 4.39 Å². The molecule has 0 saturated carbocycles. The highest BCUT2D eigenvalue weighted by atomic mass is 35.5. The van der Waals surface area contributed by atoms with Gasteiger partial charge in [-0.15, -0.1) is 0 Å². The van der Waals surface area contributed by atoms with Crippen LogP contribution in [-0.4, -0.2) is 4.99 Å². The van der Waals surface area contributed by atoms with Crippen molar-refractivity contribution in [2.75, 3.05) is 5.32 Å². The maximum absolute atomic E-state index is 13.5. The van der Waals surface area contributed by atoms with Crippen LogP contribution in [0.2, 0.25) is 5.02 Å². The van der Waals surface area contributed by atoms with E-state index < -0.39 is 0 Å². The summed E-state index contributed by atoms with van der Waals surface area (Å²) in [5.74, 6) is -0.274. The second-order valence-electron chi connectivity index (χ2n) is 4.12. The summed E-state index contributed by atoms with van der Waals surface area (Å²) in [5.41, 5.74) is 8.07. The Kier molecular flexibility index (Phi) is 4.02. The van der Waals surface area contributed by atoms with Gasteiger partial charge in [-0.05, 0) is 36.8 Å². The molecule has 0 fully saturated rings. The second-order valence-corrected chi connectivity index (χ2v) is 4.96. The molecular weight excluding hydrogens is 283 g/mol. The topological polar surface area (TPSA) is 38.0 Å².